The molecule has 13 heavy (non-hydrogen) atoms. The minimum atomic E-state index is 1.07. The molecule has 1 aromatic carbocycles. The van der Waals surface area contributed by atoms with Crippen LogP contribution in [-0.4, -0.2) is 0 Å². The molecule has 0 aliphatic carbocycles. The Bertz CT molecular complexity index is 348. The Morgan fingerprint density at radius 2 is 2.08 bits per heavy atom. The molecular formula is C12H14S. The zero-order chi connectivity index (χ0) is 9.84. The molecule has 0 atom stereocenters. The maximum absolute atomic E-state index is 4.16. The SMILES string of the molecule is C=C/C(=C\S)c1cc(C)ccc1C. The molecule has 1 rings (SSSR count). The first-order valence-corrected chi connectivity index (χ1v) is 4.75. The average molecular weight is 190 g/mol. The van der Waals surface area contributed by atoms with Gasteiger partial charge in [0.2, 0.25) is 0 Å². The second-order valence-electron chi connectivity index (χ2n) is 3.11. The molecule has 0 saturated carbocycles. The van der Waals surface area contributed by atoms with Crippen LogP contribution in [0.15, 0.2) is 36.3 Å². The van der Waals surface area contributed by atoms with Crippen molar-refractivity contribution in [1.82, 2.24) is 0 Å². The molecule has 0 aromatic heterocycles. The molecule has 1 aromatic rings. The van der Waals surface area contributed by atoms with Crippen molar-refractivity contribution in [2.75, 3.05) is 0 Å². The van der Waals surface area contributed by atoms with Crippen LogP contribution in [0.3, 0.4) is 0 Å². The first-order chi connectivity index (χ1) is 6.19. The van der Waals surface area contributed by atoms with Crippen LogP contribution in [-0.2, 0) is 0 Å². The van der Waals surface area contributed by atoms with Crippen LogP contribution < -0.4 is 0 Å². The quantitative estimate of drug-likeness (QED) is 0.533. The number of allylic oxidation sites excluding steroid dienone is 2. The predicted molar refractivity (Wildman–Crippen MR) is 63.1 cm³/mol. The third kappa shape index (κ3) is 2.25. The van der Waals surface area contributed by atoms with Gasteiger partial charge in [0.1, 0.15) is 0 Å². The largest absolute Gasteiger partial charge is 0.151 e. The summed E-state index contributed by atoms with van der Waals surface area (Å²) < 4.78 is 0. The van der Waals surface area contributed by atoms with E-state index in [1.165, 1.54) is 16.7 Å². The molecule has 1 heteroatoms. The van der Waals surface area contributed by atoms with Crippen LogP contribution in [0.5, 0.6) is 0 Å². The fraction of sp³-hybridized carbons (Fsp3) is 0.167. The predicted octanol–water partition coefficient (Wildman–Crippen LogP) is 3.76. The Labute approximate surface area is 85.4 Å². The smallest absolute Gasteiger partial charge is 0.0127 e. The molecule has 0 spiro atoms. The monoisotopic (exact) mass is 190 g/mol. The molecule has 0 aliphatic rings. The lowest BCUT2D eigenvalue weighted by Crippen LogP contribution is -1.86. The number of hydrogen-bond donors (Lipinski definition) is 1. The first kappa shape index (κ1) is 10.1. The minimum absolute atomic E-state index is 1.07. The number of hydrogen-bond acceptors (Lipinski definition) is 1. The highest BCUT2D eigenvalue weighted by Crippen LogP contribution is 2.21. The lowest BCUT2D eigenvalue weighted by Gasteiger charge is -2.06. The Morgan fingerprint density at radius 1 is 1.38 bits per heavy atom. The summed E-state index contributed by atoms with van der Waals surface area (Å²) in [6.07, 6.45) is 1.83. The van der Waals surface area contributed by atoms with E-state index in [9.17, 15) is 0 Å². The second kappa shape index (κ2) is 4.33. The molecule has 68 valence electrons. The number of aryl methyl sites for hydroxylation is 2. The van der Waals surface area contributed by atoms with Gasteiger partial charge in [-0.3, -0.25) is 0 Å². The van der Waals surface area contributed by atoms with Crippen molar-refractivity contribution in [3.8, 4) is 0 Å². The lowest BCUT2D eigenvalue weighted by atomic mass is 10.00. The van der Waals surface area contributed by atoms with Crippen LogP contribution in [0.25, 0.3) is 5.57 Å². The van der Waals surface area contributed by atoms with Gasteiger partial charge in [-0.1, -0.05) is 36.4 Å². The maximum Gasteiger partial charge on any atom is -0.0127 e. The summed E-state index contributed by atoms with van der Waals surface area (Å²) in [6.45, 7) is 7.94. The van der Waals surface area contributed by atoms with Crippen molar-refractivity contribution in [3.05, 3.63) is 53.0 Å². The third-order valence-electron chi connectivity index (χ3n) is 2.06. The van der Waals surface area contributed by atoms with Crippen molar-refractivity contribution in [1.29, 1.82) is 0 Å². The van der Waals surface area contributed by atoms with E-state index in [1.807, 2.05) is 6.08 Å². The third-order valence-corrected chi connectivity index (χ3v) is 2.34. The van der Waals surface area contributed by atoms with Gasteiger partial charge in [-0.05, 0) is 36.0 Å². The van der Waals surface area contributed by atoms with Gasteiger partial charge in [-0.2, -0.15) is 12.6 Å². The summed E-state index contributed by atoms with van der Waals surface area (Å²) in [4.78, 5) is 0. The Hall–Kier alpha value is -0.950. The lowest BCUT2D eigenvalue weighted by molar-refractivity contribution is 1.37. The average Bonchev–Trinajstić information content (AvgIpc) is 2.13. The van der Waals surface area contributed by atoms with E-state index >= 15 is 0 Å². The number of benzene rings is 1. The van der Waals surface area contributed by atoms with E-state index in [4.69, 9.17) is 0 Å². The maximum atomic E-state index is 4.16. The summed E-state index contributed by atoms with van der Waals surface area (Å²) in [5.41, 5.74) is 4.80. The van der Waals surface area contributed by atoms with Crippen LogP contribution >= 0.6 is 12.6 Å². The first-order valence-electron chi connectivity index (χ1n) is 4.23. The van der Waals surface area contributed by atoms with E-state index < -0.39 is 0 Å². The Kier molecular flexibility index (Phi) is 3.38. The molecule has 0 fully saturated rings. The zero-order valence-corrected chi connectivity index (χ0v) is 8.94. The number of thiol groups is 1. The molecule has 0 unspecified atom stereocenters. The van der Waals surface area contributed by atoms with Gasteiger partial charge in [0.25, 0.3) is 0 Å². The van der Waals surface area contributed by atoms with E-state index in [-0.39, 0.29) is 0 Å². The Morgan fingerprint density at radius 3 is 2.62 bits per heavy atom. The van der Waals surface area contributed by atoms with Gasteiger partial charge in [0, 0.05) is 0 Å². The summed E-state index contributed by atoms with van der Waals surface area (Å²) in [5, 5.41) is 1.79. The van der Waals surface area contributed by atoms with Gasteiger partial charge >= 0.3 is 0 Å². The van der Waals surface area contributed by atoms with Crippen LogP contribution in [0.2, 0.25) is 0 Å². The molecule has 0 nitrogen and oxygen atoms in total. The molecule has 0 saturated heterocycles. The highest BCUT2D eigenvalue weighted by Gasteiger charge is 2.00. The zero-order valence-electron chi connectivity index (χ0n) is 8.04. The van der Waals surface area contributed by atoms with Crippen LogP contribution in [0.1, 0.15) is 16.7 Å². The molecule has 0 N–H and O–H groups in total. The molecule has 0 heterocycles. The van der Waals surface area contributed by atoms with E-state index in [0.717, 1.165) is 5.57 Å². The van der Waals surface area contributed by atoms with Crippen molar-refractivity contribution < 1.29 is 0 Å². The summed E-state index contributed by atoms with van der Waals surface area (Å²) in [5.74, 6) is 0. The van der Waals surface area contributed by atoms with Crippen molar-refractivity contribution >= 4 is 18.2 Å². The summed E-state index contributed by atoms with van der Waals surface area (Å²) >= 11 is 4.16. The fourth-order valence-electron chi connectivity index (χ4n) is 1.28. The van der Waals surface area contributed by atoms with Gasteiger partial charge in [-0.25, -0.2) is 0 Å². The van der Waals surface area contributed by atoms with E-state index in [0.29, 0.717) is 0 Å². The molecule has 0 aliphatic heterocycles. The normalized spacial score (nSPS) is 11.5. The molecule has 0 bridgehead atoms. The highest BCUT2D eigenvalue weighted by atomic mass is 32.1. The van der Waals surface area contributed by atoms with Gasteiger partial charge in [0.05, 0.1) is 0 Å². The standard InChI is InChI=1S/C12H14S/c1-4-11(8-13)12-7-9(2)5-6-10(12)3/h4-8,13H,1H2,2-3H3/b11-8+. The van der Waals surface area contributed by atoms with Gasteiger partial charge in [0.15, 0.2) is 0 Å². The van der Waals surface area contributed by atoms with Gasteiger partial charge < -0.3 is 0 Å². The summed E-state index contributed by atoms with van der Waals surface area (Å²) in [7, 11) is 0. The minimum Gasteiger partial charge on any atom is -0.151 e. The molecular weight excluding hydrogens is 176 g/mol. The van der Waals surface area contributed by atoms with Crippen molar-refractivity contribution in [2.24, 2.45) is 0 Å². The molecule has 0 amide bonds. The van der Waals surface area contributed by atoms with Gasteiger partial charge in [-0.15, -0.1) is 0 Å². The Balaban J connectivity index is 3.27. The highest BCUT2D eigenvalue weighted by molar-refractivity contribution is 7.83. The van der Waals surface area contributed by atoms with E-state index in [2.05, 4.69) is 51.3 Å². The second-order valence-corrected chi connectivity index (χ2v) is 3.37. The topological polar surface area (TPSA) is 0 Å². The molecule has 0 radical (unpaired) electrons. The van der Waals surface area contributed by atoms with Crippen molar-refractivity contribution in [3.63, 3.8) is 0 Å². The van der Waals surface area contributed by atoms with Crippen molar-refractivity contribution in [2.45, 2.75) is 13.8 Å². The summed E-state index contributed by atoms with van der Waals surface area (Å²) in [6, 6.07) is 6.38. The van der Waals surface area contributed by atoms with E-state index in [1.54, 1.807) is 5.41 Å². The van der Waals surface area contributed by atoms with Crippen LogP contribution in [0.4, 0.5) is 0 Å². The number of rotatable bonds is 2. The van der Waals surface area contributed by atoms with Crippen LogP contribution in [0, 0.1) is 13.8 Å². The fourth-order valence-corrected chi connectivity index (χ4v) is 1.52.